The van der Waals surface area contributed by atoms with Gasteiger partial charge in [0.25, 0.3) is 10.2 Å². The third-order valence-electron chi connectivity index (χ3n) is 2.08. The van der Waals surface area contributed by atoms with E-state index in [9.17, 15) is 8.42 Å². The zero-order valence-corrected chi connectivity index (χ0v) is 10.1. The summed E-state index contributed by atoms with van der Waals surface area (Å²) in [6, 6.07) is -0.249. The molecule has 14 heavy (non-hydrogen) atoms. The summed E-state index contributed by atoms with van der Waals surface area (Å²) in [5.41, 5.74) is 5.01. The van der Waals surface area contributed by atoms with Crippen molar-refractivity contribution in [3.8, 4) is 0 Å². The van der Waals surface area contributed by atoms with Crippen molar-refractivity contribution >= 4 is 10.2 Å². The fourth-order valence-corrected chi connectivity index (χ4v) is 2.14. The van der Waals surface area contributed by atoms with E-state index in [2.05, 4.69) is 9.44 Å². The summed E-state index contributed by atoms with van der Waals surface area (Å²) in [6.07, 6.45) is 0.763. The summed E-state index contributed by atoms with van der Waals surface area (Å²) < 4.78 is 27.8. The molecule has 0 bridgehead atoms. The molecule has 0 radical (unpaired) electrons. The molecule has 0 rings (SSSR count). The molecule has 1 unspecified atom stereocenters. The van der Waals surface area contributed by atoms with Crippen LogP contribution in [0.1, 0.15) is 34.1 Å². The Morgan fingerprint density at radius 1 is 1.43 bits per heavy atom. The third-order valence-corrected chi connectivity index (χ3v) is 3.46. The molecular weight excluding hydrogens is 202 g/mol. The monoisotopic (exact) mass is 223 g/mol. The first-order valence-electron chi connectivity index (χ1n) is 4.75. The average molecular weight is 223 g/mol. The molecule has 5 nitrogen and oxygen atoms in total. The minimum absolute atomic E-state index is 0.249. The number of nitrogens with one attached hydrogen (secondary N) is 2. The molecule has 0 saturated heterocycles. The van der Waals surface area contributed by atoms with Crippen LogP contribution < -0.4 is 15.2 Å². The Morgan fingerprint density at radius 3 is 2.29 bits per heavy atom. The molecule has 0 aliphatic carbocycles. The number of hydrogen-bond donors (Lipinski definition) is 3. The second-order valence-corrected chi connectivity index (χ2v) is 5.51. The topological polar surface area (TPSA) is 84.2 Å². The highest BCUT2D eigenvalue weighted by atomic mass is 32.2. The predicted molar refractivity (Wildman–Crippen MR) is 58.1 cm³/mol. The lowest BCUT2D eigenvalue weighted by atomic mass is 9.99. The molecule has 0 amide bonds. The smallest absolute Gasteiger partial charge is 0.277 e. The van der Waals surface area contributed by atoms with Crippen molar-refractivity contribution in [3.05, 3.63) is 0 Å². The minimum Gasteiger partial charge on any atom is -0.326 e. The van der Waals surface area contributed by atoms with Gasteiger partial charge in [0.05, 0.1) is 0 Å². The first-order chi connectivity index (χ1) is 6.21. The number of nitrogens with two attached hydrogens (primary N) is 1. The molecule has 0 aromatic carbocycles. The molecule has 1 atom stereocenters. The Labute approximate surface area is 86.6 Å². The summed E-state index contributed by atoms with van der Waals surface area (Å²) in [6.45, 7) is 7.61. The highest BCUT2D eigenvalue weighted by molar-refractivity contribution is 7.87. The van der Waals surface area contributed by atoms with Crippen LogP contribution in [0.5, 0.6) is 0 Å². The van der Waals surface area contributed by atoms with Crippen molar-refractivity contribution in [2.24, 2.45) is 5.73 Å². The molecule has 0 aromatic rings. The molecule has 86 valence electrons. The Morgan fingerprint density at radius 2 is 1.93 bits per heavy atom. The molecule has 0 heterocycles. The van der Waals surface area contributed by atoms with Crippen molar-refractivity contribution < 1.29 is 8.42 Å². The molecule has 6 heteroatoms. The highest BCUT2D eigenvalue weighted by Gasteiger charge is 2.27. The van der Waals surface area contributed by atoms with Gasteiger partial charge in [0.1, 0.15) is 0 Å². The van der Waals surface area contributed by atoms with Crippen LogP contribution in [0.25, 0.3) is 0 Å². The van der Waals surface area contributed by atoms with E-state index >= 15 is 0 Å². The van der Waals surface area contributed by atoms with Gasteiger partial charge in [-0.15, -0.1) is 0 Å². The van der Waals surface area contributed by atoms with Gasteiger partial charge < -0.3 is 5.73 Å². The SMILES string of the molecule is CCCNS(=O)(=O)NC(C)(C)C(C)N. The van der Waals surface area contributed by atoms with Gasteiger partial charge >= 0.3 is 0 Å². The van der Waals surface area contributed by atoms with Crippen LogP contribution in [-0.2, 0) is 10.2 Å². The van der Waals surface area contributed by atoms with E-state index < -0.39 is 15.7 Å². The van der Waals surface area contributed by atoms with Gasteiger partial charge in [-0.3, -0.25) is 0 Å². The van der Waals surface area contributed by atoms with E-state index in [4.69, 9.17) is 5.73 Å². The maximum absolute atomic E-state index is 11.4. The summed E-state index contributed by atoms with van der Waals surface area (Å²) in [7, 11) is -3.43. The maximum atomic E-state index is 11.4. The minimum atomic E-state index is -3.43. The van der Waals surface area contributed by atoms with Crippen LogP contribution in [0.2, 0.25) is 0 Å². The van der Waals surface area contributed by atoms with Gasteiger partial charge in [0.15, 0.2) is 0 Å². The normalized spacial score (nSPS) is 15.5. The zero-order valence-electron chi connectivity index (χ0n) is 9.29. The van der Waals surface area contributed by atoms with Crippen LogP contribution in [-0.4, -0.2) is 26.5 Å². The molecule has 0 saturated carbocycles. The summed E-state index contributed by atoms with van der Waals surface area (Å²) in [4.78, 5) is 0. The van der Waals surface area contributed by atoms with Crippen LogP contribution in [0.4, 0.5) is 0 Å². The van der Waals surface area contributed by atoms with E-state index in [1.807, 2.05) is 6.92 Å². The average Bonchev–Trinajstić information content (AvgIpc) is 1.99. The second-order valence-electron chi connectivity index (χ2n) is 4.01. The summed E-state index contributed by atoms with van der Waals surface area (Å²) >= 11 is 0. The third kappa shape index (κ3) is 4.90. The predicted octanol–water partition coefficient (Wildman–Crippen LogP) is -0.0538. The number of hydrogen-bond acceptors (Lipinski definition) is 3. The Kier molecular flexibility index (Phi) is 5.00. The summed E-state index contributed by atoms with van der Waals surface area (Å²) in [5, 5.41) is 0. The van der Waals surface area contributed by atoms with Crippen molar-refractivity contribution in [2.75, 3.05) is 6.54 Å². The second kappa shape index (κ2) is 5.06. The van der Waals surface area contributed by atoms with Gasteiger partial charge in [-0.2, -0.15) is 13.1 Å². The molecule has 0 aliphatic rings. The first kappa shape index (κ1) is 13.8. The van der Waals surface area contributed by atoms with Crippen molar-refractivity contribution in [2.45, 2.75) is 45.7 Å². The Balaban J connectivity index is 4.36. The number of rotatable bonds is 6. The van der Waals surface area contributed by atoms with Gasteiger partial charge in [-0.05, 0) is 27.2 Å². The zero-order chi connectivity index (χ0) is 11.4. The molecule has 4 N–H and O–H groups in total. The van der Waals surface area contributed by atoms with Crippen LogP contribution in [0.15, 0.2) is 0 Å². The Bertz CT molecular complexity index is 260. The first-order valence-corrected chi connectivity index (χ1v) is 6.23. The quantitative estimate of drug-likeness (QED) is 0.590. The van der Waals surface area contributed by atoms with Gasteiger partial charge in [-0.1, -0.05) is 6.92 Å². The van der Waals surface area contributed by atoms with Crippen molar-refractivity contribution in [1.29, 1.82) is 0 Å². The Hall–Kier alpha value is -0.170. The summed E-state index contributed by atoms with van der Waals surface area (Å²) in [5.74, 6) is 0. The molecule has 0 fully saturated rings. The lowest BCUT2D eigenvalue weighted by molar-refractivity contribution is 0.385. The van der Waals surface area contributed by atoms with E-state index in [0.29, 0.717) is 6.54 Å². The van der Waals surface area contributed by atoms with E-state index in [-0.39, 0.29) is 6.04 Å². The van der Waals surface area contributed by atoms with E-state index in [0.717, 1.165) is 6.42 Å². The van der Waals surface area contributed by atoms with Crippen LogP contribution in [0, 0.1) is 0 Å². The molecule has 0 aliphatic heterocycles. The maximum Gasteiger partial charge on any atom is 0.277 e. The highest BCUT2D eigenvalue weighted by Crippen LogP contribution is 2.07. The van der Waals surface area contributed by atoms with Crippen molar-refractivity contribution in [3.63, 3.8) is 0 Å². The van der Waals surface area contributed by atoms with Gasteiger partial charge in [0, 0.05) is 18.1 Å². The fraction of sp³-hybridized carbons (Fsp3) is 1.00. The lowest BCUT2D eigenvalue weighted by Crippen LogP contribution is -2.57. The standard InChI is InChI=1S/C8H21N3O2S/c1-5-6-10-14(12,13)11-8(3,4)7(2)9/h7,10-11H,5-6,9H2,1-4H3. The fourth-order valence-electron chi connectivity index (χ4n) is 0.712. The molecule has 0 aromatic heterocycles. The van der Waals surface area contributed by atoms with Gasteiger partial charge in [-0.25, -0.2) is 4.72 Å². The van der Waals surface area contributed by atoms with Crippen LogP contribution in [0.3, 0.4) is 0 Å². The lowest BCUT2D eigenvalue weighted by Gasteiger charge is -2.29. The largest absolute Gasteiger partial charge is 0.326 e. The molecule has 0 spiro atoms. The van der Waals surface area contributed by atoms with E-state index in [1.165, 1.54) is 0 Å². The van der Waals surface area contributed by atoms with Gasteiger partial charge in [0.2, 0.25) is 0 Å². The van der Waals surface area contributed by atoms with E-state index in [1.54, 1.807) is 20.8 Å². The van der Waals surface area contributed by atoms with Crippen LogP contribution >= 0.6 is 0 Å². The van der Waals surface area contributed by atoms with Crippen molar-refractivity contribution in [1.82, 2.24) is 9.44 Å². The molecular formula is C8H21N3O2S.